The molecule has 0 radical (unpaired) electrons. The van der Waals surface area contributed by atoms with Crippen LogP contribution in [0, 0.1) is 13.8 Å². The van der Waals surface area contributed by atoms with Crippen molar-refractivity contribution in [3.8, 4) is 5.75 Å². The Hall–Kier alpha value is -2.29. The molecular weight excluding hydrogens is 322 g/mol. The van der Waals surface area contributed by atoms with Crippen LogP contribution in [0.25, 0.3) is 0 Å². The van der Waals surface area contributed by atoms with Crippen molar-refractivity contribution >= 4 is 5.91 Å². The summed E-state index contributed by atoms with van der Waals surface area (Å²) >= 11 is 0. The minimum atomic E-state index is -0.546. The summed E-state index contributed by atoms with van der Waals surface area (Å²) in [6.45, 7) is 12.3. The van der Waals surface area contributed by atoms with Crippen molar-refractivity contribution in [3.63, 3.8) is 0 Å². The number of para-hydroxylation sites is 1. The molecule has 1 N–H and O–H groups in total. The van der Waals surface area contributed by atoms with E-state index < -0.39 is 6.10 Å². The lowest BCUT2D eigenvalue weighted by atomic mass is 9.99. The SMILES string of the molecule is CC[C@H](NC(=O)[C@H](C)Oc1ccccc1C(C)C)c1ccc(C)c(C)c1. The predicted molar refractivity (Wildman–Crippen MR) is 108 cm³/mol. The summed E-state index contributed by atoms with van der Waals surface area (Å²) in [6, 6.07) is 14.3. The molecule has 2 atom stereocenters. The molecule has 3 heteroatoms. The number of amides is 1. The number of ether oxygens (including phenoxy) is 1. The molecule has 0 aliphatic rings. The van der Waals surface area contributed by atoms with Crippen molar-refractivity contribution in [2.75, 3.05) is 0 Å². The Morgan fingerprint density at radius 1 is 1.04 bits per heavy atom. The van der Waals surface area contributed by atoms with E-state index in [0.717, 1.165) is 23.3 Å². The Balaban J connectivity index is 2.09. The van der Waals surface area contributed by atoms with Gasteiger partial charge in [-0.2, -0.15) is 0 Å². The van der Waals surface area contributed by atoms with Crippen LogP contribution >= 0.6 is 0 Å². The first-order valence-corrected chi connectivity index (χ1v) is 9.46. The fourth-order valence-electron chi connectivity index (χ4n) is 3.00. The van der Waals surface area contributed by atoms with Gasteiger partial charge in [0.2, 0.25) is 0 Å². The fourth-order valence-corrected chi connectivity index (χ4v) is 3.00. The highest BCUT2D eigenvalue weighted by molar-refractivity contribution is 5.81. The van der Waals surface area contributed by atoms with E-state index in [9.17, 15) is 4.79 Å². The van der Waals surface area contributed by atoms with Gasteiger partial charge in [0.1, 0.15) is 5.75 Å². The molecule has 0 aromatic heterocycles. The summed E-state index contributed by atoms with van der Waals surface area (Å²) in [7, 11) is 0. The van der Waals surface area contributed by atoms with Crippen LogP contribution in [-0.2, 0) is 4.79 Å². The van der Waals surface area contributed by atoms with Gasteiger partial charge in [-0.15, -0.1) is 0 Å². The minimum absolute atomic E-state index is 0.00630. The summed E-state index contributed by atoms with van der Waals surface area (Å²) in [5.41, 5.74) is 4.76. The van der Waals surface area contributed by atoms with Gasteiger partial charge in [-0.1, -0.05) is 57.2 Å². The monoisotopic (exact) mass is 353 g/mol. The second kappa shape index (κ2) is 8.88. The van der Waals surface area contributed by atoms with E-state index in [2.05, 4.69) is 64.2 Å². The standard InChI is InChI=1S/C23H31NO2/c1-7-21(19-13-12-16(4)17(5)14-19)24-23(25)18(6)26-22-11-9-8-10-20(22)15(2)3/h8-15,18,21H,7H2,1-6H3,(H,24,25)/t18-,21-/m0/s1. The molecule has 0 saturated heterocycles. The quantitative estimate of drug-likeness (QED) is 0.717. The normalized spacial score (nSPS) is 13.3. The third-order valence-corrected chi connectivity index (χ3v) is 4.87. The Morgan fingerprint density at radius 2 is 1.73 bits per heavy atom. The number of hydrogen-bond donors (Lipinski definition) is 1. The van der Waals surface area contributed by atoms with E-state index in [1.54, 1.807) is 6.92 Å². The number of carbonyl (C=O) groups is 1. The maximum absolute atomic E-state index is 12.7. The van der Waals surface area contributed by atoms with Gasteiger partial charge < -0.3 is 10.1 Å². The van der Waals surface area contributed by atoms with Crippen molar-refractivity contribution < 1.29 is 9.53 Å². The van der Waals surface area contributed by atoms with E-state index >= 15 is 0 Å². The average molecular weight is 354 g/mol. The van der Waals surface area contributed by atoms with Gasteiger partial charge in [-0.3, -0.25) is 4.79 Å². The molecule has 2 aromatic carbocycles. The topological polar surface area (TPSA) is 38.3 Å². The van der Waals surface area contributed by atoms with Crippen molar-refractivity contribution in [1.29, 1.82) is 0 Å². The molecule has 0 bridgehead atoms. The number of carbonyl (C=O) groups excluding carboxylic acids is 1. The van der Waals surface area contributed by atoms with E-state index in [0.29, 0.717) is 5.92 Å². The molecule has 0 fully saturated rings. The number of benzene rings is 2. The highest BCUT2D eigenvalue weighted by Crippen LogP contribution is 2.27. The maximum atomic E-state index is 12.7. The molecule has 1 amide bonds. The first-order chi connectivity index (χ1) is 12.3. The highest BCUT2D eigenvalue weighted by Gasteiger charge is 2.21. The van der Waals surface area contributed by atoms with Gasteiger partial charge >= 0.3 is 0 Å². The summed E-state index contributed by atoms with van der Waals surface area (Å²) in [6.07, 6.45) is 0.291. The van der Waals surface area contributed by atoms with Crippen LogP contribution in [0.2, 0.25) is 0 Å². The average Bonchev–Trinajstić information content (AvgIpc) is 2.62. The predicted octanol–water partition coefficient (Wildman–Crippen LogP) is 5.46. The molecule has 0 saturated carbocycles. The lowest BCUT2D eigenvalue weighted by Gasteiger charge is -2.23. The van der Waals surface area contributed by atoms with Crippen LogP contribution in [0.5, 0.6) is 5.75 Å². The van der Waals surface area contributed by atoms with Gasteiger partial charge in [0.25, 0.3) is 5.91 Å². The number of rotatable bonds is 7. The molecule has 0 unspecified atom stereocenters. The van der Waals surface area contributed by atoms with Crippen LogP contribution in [0.3, 0.4) is 0 Å². The lowest BCUT2D eigenvalue weighted by molar-refractivity contribution is -0.128. The Labute approximate surface area is 157 Å². The fraction of sp³-hybridized carbons (Fsp3) is 0.435. The third-order valence-electron chi connectivity index (χ3n) is 4.87. The van der Waals surface area contributed by atoms with Gasteiger partial charge in [-0.25, -0.2) is 0 Å². The molecule has 0 heterocycles. The molecule has 140 valence electrons. The molecule has 0 aliphatic carbocycles. The number of aryl methyl sites for hydroxylation is 2. The Bertz CT molecular complexity index is 752. The second-order valence-electron chi connectivity index (χ2n) is 7.27. The van der Waals surface area contributed by atoms with Crippen LogP contribution in [0.1, 0.15) is 68.3 Å². The van der Waals surface area contributed by atoms with Crippen LogP contribution in [-0.4, -0.2) is 12.0 Å². The maximum Gasteiger partial charge on any atom is 0.261 e. The van der Waals surface area contributed by atoms with Crippen molar-refractivity contribution in [1.82, 2.24) is 5.32 Å². The minimum Gasteiger partial charge on any atom is -0.481 e. The van der Waals surface area contributed by atoms with Crippen molar-refractivity contribution in [3.05, 3.63) is 64.7 Å². The van der Waals surface area contributed by atoms with E-state index in [1.165, 1.54) is 11.1 Å². The smallest absolute Gasteiger partial charge is 0.261 e. The lowest BCUT2D eigenvalue weighted by Crippen LogP contribution is -2.38. The molecule has 2 aromatic rings. The highest BCUT2D eigenvalue weighted by atomic mass is 16.5. The number of hydrogen-bond acceptors (Lipinski definition) is 2. The van der Waals surface area contributed by atoms with Gasteiger partial charge in [0.05, 0.1) is 6.04 Å². The number of nitrogens with one attached hydrogen (secondary N) is 1. The van der Waals surface area contributed by atoms with Crippen molar-refractivity contribution in [2.45, 2.75) is 66.0 Å². The van der Waals surface area contributed by atoms with Crippen LogP contribution < -0.4 is 10.1 Å². The van der Waals surface area contributed by atoms with Gasteiger partial charge in [0.15, 0.2) is 6.10 Å². The summed E-state index contributed by atoms with van der Waals surface area (Å²) in [5, 5.41) is 3.13. The van der Waals surface area contributed by atoms with E-state index in [-0.39, 0.29) is 11.9 Å². The third kappa shape index (κ3) is 4.87. The molecule has 26 heavy (non-hydrogen) atoms. The van der Waals surface area contributed by atoms with Crippen molar-refractivity contribution in [2.24, 2.45) is 0 Å². The van der Waals surface area contributed by atoms with E-state index in [1.807, 2.05) is 18.2 Å². The summed E-state index contributed by atoms with van der Waals surface area (Å²) in [4.78, 5) is 12.7. The Morgan fingerprint density at radius 3 is 2.35 bits per heavy atom. The molecular formula is C23H31NO2. The van der Waals surface area contributed by atoms with Gasteiger partial charge in [-0.05, 0) is 61.4 Å². The molecule has 0 aliphatic heterocycles. The Kier molecular flexibility index (Phi) is 6.84. The first kappa shape index (κ1) is 20.0. The van der Waals surface area contributed by atoms with Gasteiger partial charge in [0, 0.05) is 0 Å². The van der Waals surface area contributed by atoms with E-state index in [4.69, 9.17) is 4.74 Å². The zero-order chi connectivity index (χ0) is 19.3. The zero-order valence-electron chi connectivity index (χ0n) is 16.8. The molecule has 0 spiro atoms. The first-order valence-electron chi connectivity index (χ1n) is 9.46. The molecule has 2 rings (SSSR count). The summed E-state index contributed by atoms with van der Waals surface area (Å²) in [5.74, 6) is 1.04. The van der Waals surface area contributed by atoms with Crippen LogP contribution in [0.4, 0.5) is 0 Å². The molecule has 3 nitrogen and oxygen atoms in total. The second-order valence-corrected chi connectivity index (χ2v) is 7.27. The largest absolute Gasteiger partial charge is 0.481 e. The van der Waals surface area contributed by atoms with Crippen LogP contribution in [0.15, 0.2) is 42.5 Å². The summed E-state index contributed by atoms with van der Waals surface area (Å²) < 4.78 is 5.98. The zero-order valence-corrected chi connectivity index (χ0v) is 16.8.